The van der Waals surface area contributed by atoms with Crippen LogP contribution in [-0.4, -0.2) is 8.07 Å². The second kappa shape index (κ2) is 5.93. The number of hydrogen-bond acceptors (Lipinski definition) is 1. The highest BCUT2D eigenvalue weighted by Crippen LogP contribution is 2.21. The van der Waals surface area contributed by atoms with E-state index >= 15 is 0 Å². The van der Waals surface area contributed by atoms with E-state index in [4.69, 9.17) is 0 Å². The highest BCUT2D eigenvalue weighted by atomic mass is 79.9. The van der Waals surface area contributed by atoms with Crippen molar-refractivity contribution < 1.29 is 0 Å². The normalized spacial score (nSPS) is 11.4. The van der Waals surface area contributed by atoms with E-state index in [1.807, 2.05) is 12.1 Å². The number of nitrogens with one attached hydrogen (secondary N) is 1. The SMILES string of the molecule is C[Si](C)(C)c1ccc(CNc2ccccc2Br)cc1. The monoisotopic (exact) mass is 333 g/mol. The Kier molecular flexibility index (Phi) is 4.48. The average Bonchev–Trinajstić information content (AvgIpc) is 2.37. The maximum Gasteiger partial charge on any atom is 0.0775 e. The molecule has 0 amide bonds. The third-order valence-corrected chi connectivity index (χ3v) is 5.93. The lowest BCUT2D eigenvalue weighted by atomic mass is 10.2. The van der Waals surface area contributed by atoms with Gasteiger partial charge >= 0.3 is 0 Å². The van der Waals surface area contributed by atoms with Crippen LogP contribution in [0.1, 0.15) is 5.56 Å². The Balaban J connectivity index is 2.03. The van der Waals surface area contributed by atoms with Crippen LogP contribution in [0.5, 0.6) is 0 Å². The van der Waals surface area contributed by atoms with Crippen LogP contribution < -0.4 is 10.5 Å². The maximum absolute atomic E-state index is 3.55. The number of rotatable bonds is 4. The van der Waals surface area contributed by atoms with E-state index < -0.39 is 8.07 Å². The smallest absolute Gasteiger partial charge is 0.0775 e. The summed E-state index contributed by atoms with van der Waals surface area (Å²) >= 11 is 3.55. The van der Waals surface area contributed by atoms with Gasteiger partial charge in [0.05, 0.1) is 8.07 Å². The molecule has 0 aliphatic carbocycles. The minimum atomic E-state index is -1.18. The summed E-state index contributed by atoms with van der Waals surface area (Å²) in [5.41, 5.74) is 2.45. The van der Waals surface area contributed by atoms with Gasteiger partial charge in [-0.1, -0.05) is 61.2 Å². The largest absolute Gasteiger partial charge is 0.380 e. The molecule has 2 rings (SSSR count). The lowest BCUT2D eigenvalue weighted by molar-refractivity contribution is 1.15. The third kappa shape index (κ3) is 3.95. The Bertz CT molecular complexity index is 543. The van der Waals surface area contributed by atoms with Gasteiger partial charge in [-0.2, -0.15) is 0 Å². The summed E-state index contributed by atoms with van der Waals surface area (Å²) in [6, 6.07) is 17.2. The van der Waals surface area contributed by atoms with Crippen molar-refractivity contribution in [3.63, 3.8) is 0 Å². The average molecular weight is 334 g/mol. The van der Waals surface area contributed by atoms with Gasteiger partial charge in [0.2, 0.25) is 0 Å². The van der Waals surface area contributed by atoms with Crippen LogP contribution in [0.15, 0.2) is 53.0 Å². The van der Waals surface area contributed by atoms with E-state index in [0.717, 1.165) is 16.7 Å². The predicted molar refractivity (Wildman–Crippen MR) is 90.9 cm³/mol. The van der Waals surface area contributed by atoms with Crippen molar-refractivity contribution in [2.45, 2.75) is 26.2 Å². The van der Waals surface area contributed by atoms with Crippen molar-refractivity contribution in [1.29, 1.82) is 0 Å². The zero-order valence-electron chi connectivity index (χ0n) is 11.7. The molecule has 2 aromatic rings. The molecule has 3 heteroatoms. The van der Waals surface area contributed by atoms with E-state index in [2.05, 4.69) is 77.3 Å². The lowest BCUT2D eigenvalue weighted by Gasteiger charge is -2.17. The minimum Gasteiger partial charge on any atom is -0.380 e. The standard InChI is InChI=1S/C16H20BrNSi/c1-19(2,3)14-10-8-13(9-11-14)12-18-16-7-5-4-6-15(16)17/h4-11,18H,12H2,1-3H3. The molecule has 2 aromatic carbocycles. The fraction of sp³-hybridized carbons (Fsp3) is 0.250. The molecule has 0 radical (unpaired) electrons. The molecule has 0 aliphatic rings. The zero-order chi connectivity index (χ0) is 13.9. The zero-order valence-corrected chi connectivity index (χ0v) is 14.3. The summed E-state index contributed by atoms with van der Waals surface area (Å²) < 4.78 is 1.11. The Morgan fingerprint density at radius 3 is 2.16 bits per heavy atom. The first kappa shape index (κ1) is 14.3. The molecular weight excluding hydrogens is 314 g/mol. The first-order valence-electron chi connectivity index (χ1n) is 6.54. The predicted octanol–water partition coefficient (Wildman–Crippen LogP) is 4.61. The fourth-order valence-corrected chi connectivity index (χ4v) is 3.52. The highest BCUT2D eigenvalue weighted by Gasteiger charge is 2.15. The first-order chi connectivity index (χ1) is 8.97. The van der Waals surface area contributed by atoms with Crippen LogP contribution in [0.2, 0.25) is 19.6 Å². The second-order valence-electron chi connectivity index (χ2n) is 5.78. The number of hydrogen-bond donors (Lipinski definition) is 1. The number of halogens is 1. The Morgan fingerprint density at radius 2 is 1.58 bits per heavy atom. The molecule has 0 saturated heterocycles. The first-order valence-corrected chi connectivity index (χ1v) is 10.8. The third-order valence-electron chi connectivity index (χ3n) is 3.18. The molecule has 1 N–H and O–H groups in total. The maximum atomic E-state index is 3.55. The van der Waals surface area contributed by atoms with Crippen LogP contribution >= 0.6 is 15.9 Å². The number of benzene rings is 2. The topological polar surface area (TPSA) is 12.0 Å². The molecular formula is C16H20BrNSi. The molecule has 0 aromatic heterocycles. The highest BCUT2D eigenvalue weighted by molar-refractivity contribution is 9.10. The summed E-state index contributed by atoms with van der Waals surface area (Å²) in [7, 11) is -1.18. The van der Waals surface area contributed by atoms with Crippen molar-refractivity contribution in [1.82, 2.24) is 0 Å². The summed E-state index contributed by atoms with van der Waals surface area (Å²) in [5, 5.41) is 4.96. The van der Waals surface area contributed by atoms with Gasteiger partial charge in [0.1, 0.15) is 0 Å². The van der Waals surface area contributed by atoms with E-state index in [0.29, 0.717) is 0 Å². The van der Waals surface area contributed by atoms with Gasteiger partial charge in [-0.05, 0) is 33.6 Å². The molecule has 0 fully saturated rings. The van der Waals surface area contributed by atoms with Gasteiger partial charge in [0.15, 0.2) is 0 Å². The summed E-state index contributed by atoms with van der Waals surface area (Å²) in [4.78, 5) is 0. The molecule has 0 heterocycles. The summed E-state index contributed by atoms with van der Waals surface area (Å²) in [6.07, 6.45) is 0. The van der Waals surface area contributed by atoms with Gasteiger partial charge in [-0.3, -0.25) is 0 Å². The molecule has 19 heavy (non-hydrogen) atoms. The van der Waals surface area contributed by atoms with Crippen molar-refractivity contribution >= 4 is 34.9 Å². The number of para-hydroxylation sites is 1. The summed E-state index contributed by atoms with van der Waals surface area (Å²) in [6.45, 7) is 7.98. The molecule has 0 saturated carbocycles. The van der Waals surface area contributed by atoms with Crippen LogP contribution in [-0.2, 0) is 6.54 Å². The van der Waals surface area contributed by atoms with Crippen molar-refractivity contribution in [2.24, 2.45) is 0 Å². The number of anilines is 1. The van der Waals surface area contributed by atoms with Gasteiger partial charge in [0.25, 0.3) is 0 Å². The second-order valence-corrected chi connectivity index (χ2v) is 11.7. The van der Waals surface area contributed by atoms with Gasteiger partial charge in [-0.15, -0.1) is 0 Å². The molecule has 0 atom stereocenters. The van der Waals surface area contributed by atoms with Crippen LogP contribution in [0, 0.1) is 0 Å². The molecule has 0 aliphatic heterocycles. The van der Waals surface area contributed by atoms with E-state index in [1.54, 1.807) is 0 Å². The van der Waals surface area contributed by atoms with Crippen LogP contribution in [0.4, 0.5) is 5.69 Å². The van der Waals surface area contributed by atoms with Crippen LogP contribution in [0.3, 0.4) is 0 Å². The molecule has 1 nitrogen and oxygen atoms in total. The fourth-order valence-electron chi connectivity index (χ4n) is 1.92. The van der Waals surface area contributed by atoms with E-state index in [-0.39, 0.29) is 0 Å². The van der Waals surface area contributed by atoms with Gasteiger partial charge in [-0.25, -0.2) is 0 Å². The van der Waals surface area contributed by atoms with Crippen LogP contribution in [0.25, 0.3) is 0 Å². The Morgan fingerprint density at radius 1 is 0.947 bits per heavy atom. The van der Waals surface area contributed by atoms with E-state index in [1.165, 1.54) is 10.8 Å². The summed E-state index contributed by atoms with van der Waals surface area (Å²) in [5.74, 6) is 0. The molecule has 0 bridgehead atoms. The van der Waals surface area contributed by atoms with Crippen molar-refractivity contribution in [3.8, 4) is 0 Å². The molecule has 0 unspecified atom stereocenters. The molecule has 100 valence electrons. The van der Waals surface area contributed by atoms with E-state index in [9.17, 15) is 0 Å². The lowest BCUT2D eigenvalue weighted by Crippen LogP contribution is -2.37. The Hall–Kier alpha value is -1.06. The minimum absolute atomic E-state index is 0.856. The Labute approximate surface area is 125 Å². The van der Waals surface area contributed by atoms with Crippen molar-refractivity contribution in [3.05, 3.63) is 58.6 Å². The van der Waals surface area contributed by atoms with Crippen molar-refractivity contribution in [2.75, 3.05) is 5.32 Å². The van der Waals surface area contributed by atoms with Gasteiger partial charge < -0.3 is 5.32 Å². The quantitative estimate of drug-likeness (QED) is 0.806. The molecule has 0 spiro atoms. The van der Waals surface area contributed by atoms with Gasteiger partial charge in [0, 0.05) is 16.7 Å².